The van der Waals surface area contributed by atoms with Crippen LogP contribution in [0.4, 0.5) is 17.1 Å². The monoisotopic (exact) mass is 405 g/mol. The molecule has 0 bridgehead atoms. The quantitative estimate of drug-likeness (QED) is 0.620. The summed E-state index contributed by atoms with van der Waals surface area (Å²) < 4.78 is 0. The third kappa shape index (κ3) is 5.03. The van der Waals surface area contributed by atoms with Gasteiger partial charge in [-0.1, -0.05) is 18.2 Å². The van der Waals surface area contributed by atoms with Crippen LogP contribution < -0.4 is 10.6 Å². The number of rotatable bonds is 6. The Hall–Kier alpha value is -3.12. The lowest BCUT2D eigenvalue weighted by molar-refractivity contribution is -0.133. The second-order valence-corrected chi connectivity index (χ2v) is 8.05. The number of fused-ring (bicyclic) bond motifs is 1. The van der Waals surface area contributed by atoms with Crippen LogP contribution >= 0.6 is 11.3 Å². The van der Waals surface area contributed by atoms with Crippen molar-refractivity contribution in [3.05, 3.63) is 76.5 Å². The van der Waals surface area contributed by atoms with Crippen molar-refractivity contribution in [2.45, 2.75) is 25.8 Å². The van der Waals surface area contributed by atoms with E-state index in [0.29, 0.717) is 6.54 Å². The molecule has 1 aromatic heterocycles. The molecule has 5 nitrogen and oxygen atoms in total. The third-order valence-electron chi connectivity index (χ3n) is 4.96. The minimum atomic E-state index is -0.143. The molecule has 2 amide bonds. The maximum atomic E-state index is 12.4. The number of thiophene rings is 1. The summed E-state index contributed by atoms with van der Waals surface area (Å²) in [5, 5.41) is 8.25. The molecule has 2 heterocycles. The number of nitrogens with one attached hydrogen (secondary N) is 2. The van der Waals surface area contributed by atoms with Crippen molar-refractivity contribution in [3.8, 4) is 0 Å². The van der Waals surface area contributed by atoms with Crippen molar-refractivity contribution in [1.82, 2.24) is 4.90 Å². The van der Waals surface area contributed by atoms with E-state index < -0.39 is 0 Å². The average Bonchev–Trinajstić information content (AvgIpc) is 3.22. The van der Waals surface area contributed by atoms with E-state index >= 15 is 0 Å². The molecular formula is C23H23N3O2S. The second-order valence-electron chi connectivity index (χ2n) is 7.05. The maximum Gasteiger partial charge on any atom is 0.224 e. The number of amides is 2. The lowest BCUT2D eigenvalue weighted by Crippen LogP contribution is -2.35. The van der Waals surface area contributed by atoms with Gasteiger partial charge in [-0.15, -0.1) is 11.3 Å². The van der Waals surface area contributed by atoms with Gasteiger partial charge in [-0.05, 0) is 59.8 Å². The topological polar surface area (TPSA) is 61.4 Å². The predicted molar refractivity (Wildman–Crippen MR) is 117 cm³/mol. The summed E-state index contributed by atoms with van der Waals surface area (Å²) in [6.45, 7) is 1.40. The number of benzene rings is 2. The predicted octanol–water partition coefficient (Wildman–Crippen LogP) is 4.80. The van der Waals surface area contributed by atoms with Crippen LogP contribution in [0.1, 0.15) is 23.3 Å². The Morgan fingerprint density at radius 2 is 1.62 bits per heavy atom. The van der Waals surface area contributed by atoms with Crippen molar-refractivity contribution in [2.24, 2.45) is 0 Å². The first-order chi connectivity index (χ1) is 14.2. The number of nitrogens with zero attached hydrogens (tertiary/aromatic N) is 1. The molecule has 0 saturated carbocycles. The van der Waals surface area contributed by atoms with Crippen LogP contribution in [-0.4, -0.2) is 23.3 Å². The fourth-order valence-electron chi connectivity index (χ4n) is 3.39. The smallest absolute Gasteiger partial charge is 0.224 e. The molecule has 0 aliphatic carbocycles. The Morgan fingerprint density at radius 3 is 2.41 bits per heavy atom. The Labute approximate surface area is 174 Å². The number of anilines is 3. The van der Waals surface area contributed by atoms with Crippen LogP contribution in [0.25, 0.3) is 0 Å². The summed E-state index contributed by atoms with van der Waals surface area (Å²) in [5.74, 6) is -0.102. The van der Waals surface area contributed by atoms with Gasteiger partial charge in [-0.2, -0.15) is 0 Å². The number of hydrogen-bond donors (Lipinski definition) is 2. The standard InChI is InChI=1S/C23H23N3O2S/c27-22(10-11-23(28)26-14-12-21-17(16-26)13-15-29-21)25-20-8-6-19(7-9-20)24-18-4-2-1-3-5-18/h1-9,13,15,24H,10-12,14,16H2,(H,25,27). The molecule has 0 fully saturated rings. The molecule has 4 rings (SSSR count). The van der Waals surface area contributed by atoms with Gasteiger partial charge in [0.25, 0.3) is 0 Å². The summed E-state index contributed by atoms with van der Waals surface area (Å²) in [7, 11) is 0. The molecule has 1 aliphatic rings. The third-order valence-corrected chi connectivity index (χ3v) is 5.98. The summed E-state index contributed by atoms with van der Waals surface area (Å²) >= 11 is 1.75. The molecule has 2 N–H and O–H groups in total. The number of carbonyl (C=O) groups excluding carboxylic acids is 2. The summed E-state index contributed by atoms with van der Waals surface area (Å²) in [6.07, 6.45) is 1.34. The molecule has 6 heteroatoms. The normalized spacial score (nSPS) is 12.9. The van der Waals surface area contributed by atoms with Gasteiger partial charge in [0, 0.05) is 47.9 Å². The van der Waals surface area contributed by atoms with Crippen LogP contribution in [-0.2, 0) is 22.6 Å². The molecular weight excluding hydrogens is 382 g/mol. The van der Waals surface area contributed by atoms with E-state index in [2.05, 4.69) is 22.1 Å². The van der Waals surface area contributed by atoms with Crippen LogP contribution in [0.5, 0.6) is 0 Å². The van der Waals surface area contributed by atoms with Gasteiger partial charge in [0.1, 0.15) is 0 Å². The average molecular weight is 406 g/mol. The summed E-state index contributed by atoms with van der Waals surface area (Å²) in [5.41, 5.74) is 3.92. The first-order valence-electron chi connectivity index (χ1n) is 9.72. The lowest BCUT2D eigenvalue weighted by atomic mass is 10.1. The van der Waals surface area contributed by atoms with Crippen LogP contribution in [0, 0.1) is 0 Å². The van der Waals surface area contributed by atoms with E-state index in [1.165, 1.54) is 10.4 Å². The first kappa shape index (κ1) is 19.2. The zero-order chi connectivity index (χ0) is 20.1. The molecule has 1 aliphatic heterocycles. The Morgan fingerprint density at radius 1 is 0.897 bits per heavy atom. The van der Waals surface area contributed by atoms with Crippen molar-refractivity contribution in [3.63, 3.8) is 0 Å². The summed E-state index contributed by atoms with van der Waals surface area (Å²) in [6, 6.07) is 19.5. The molecule has 0 unspecified atom stereocenters. The number of hydrogen-bond acceptors (Lipinski definition) is 4. The largest absolute Gasteiger partial charge is 0.356 e. The van der Waals surface area contributed by atoms with Crippen molar-refractivity contribution in [2.75, 3.05) is 17.2 Å². The zero-order valence-corrected chi connectivity index (χ0v) is 16.9. The fraction of sp³-hybridized carbons (Fsp3) is 0.217. The molecule has 0 spiro atoms. The van der Waals surface area contributed by atoms with E-state index in [4.69, 9.17) is 0 Å². The minimum absolute atomic E-state index is 0.0411. The minimum Gasteiger partial charge on any atom is -0.356 e. The molecule has 0 radical (unpaired) electrons. The maximum absolute atomic E-state index is 12.4. The lowest BCUT2D eigenvalue weighted by Gasteiger charge is -2.27. The highest BCUT2D eigenvalue weighted by molar-refractivity contribution is 7.10. The van der Waals surface area contributed by atoms with Crippen molar-refractivity contribution < 1.29 is 9.59 Å². The number of para-hydroxylation sites is 1. The van der Waals surface area contributed by atoms with E-state index in [9.17, 15) is 9.59 Å². The van der Waals surface area contributed by atoms with Crippen LogP contribution in [0.3, 0.4) is 0 Å². The SMILES string of the molecule is O=C(CCC(=O)N1CCc2sccc2C1)Nc1ccc(Nc2ccccc2)cc1. The highest BCUT2D eigenvalue weighted by Crippen LogP contribution is 2.24. The fourth-order valence-corrected chi connectivity index (χ4v) is 4.28. The van der Waals surface area contributed by atoms with Gasteiger partial charge in [-0.3, -0.25) is 9.59 Å². The Balaban J connectivity index is 1.24. The van der Waals surface area contributed by atoms with E-state index in [1.54, 1.807) is 11.3 Å². The van der Waals surface area contributed by atoms with Gasteiger partial charge in [0.15, 0.2) is 0 Å². The van der Waals surface area contributed by atoms with E-state index in [0.717, 1.165) is 30.0 Å². The molecule has 29 heavy (non-hydrogen) atoms. The van der Waals surface area contributed by atoms with Gasteiger partial charge < -0.3 is 15.5 Å². The van der Waals surface area contributed by atoms with Gasteiger partial charge in [0.2, 0.25) is 11.8 Å². The van der Waals surface area contributed by atoms with Crippen molar-refractivity contribution >= 4 is 40.2 Å². The van der Waals surface area contributed by atoms with Crippen molar-refractivity contribution in [1.29, 1.82) is 0 Å². The highest BCUT2D eigenvalue weighted by atomic mass is 32.1. The van der Waals surface area contributed by atoms with Gasteiger partial charge in [0.05, 0.1) is 0 Å². The second kappa shape index (κ2) is 8.92. The molecule has 0 saturated heterocycles. The molecule has 148 valence electrons. The summed E-state index contributed by atoms with van der Waals surface area (Å²) in [4.78, 5) is 27.9. The zero-order valence-electron chi connectivity index (χ0n) is 16.1. The van der Waals surface area contributed by atoms with Crippen LogP contribution in [0.2, 0.25) is 0 Å². The van der Waals surface area contributed by atoms with Crippen LogP contribution in [0.15, 0.2) is 66.0 Å². The molecule has 0 atom stereocenters. The molecule has 2 aromatic carbocycles. The first-order valence-corrected chi connectivity index (χ1v) is 10.6. The highest BCUT2D eigenvalue weighted by Gasteiger charge is 2.21. The molecule has 3 aromatic rings. The van der Waals surface area contributed by atoms with Gasteiger partial charge >= 0.3 is 0 Å². The number of carbonyl (C=O) groups is 2. The van der Waals surface area contributed by atoms with E-state index in [1.807, 2.05) is 59.5 Å². The Kier molecular flexibility index (Phi) is 5.91. The van der Waals surface area contributed by atoms with Gasteiger partial charge in [-0.25, -0.2) is 0 Å². The Bertz CT molecular complexity index is 983. The van der Waals surface area contributed by atoms with E-state index in [-0.39, 0.29) is 24.7 Å².